The van der Waals surface area contributed by atoms with Gasteiger partial charge in [-0.2, -0.15) is 0 Å². The first kappa shape index (κ1) is 20.1. The summed E-state index contributed by atoms with van der Waals surface area (Å²) in [4.78, 5) is 41.8. The smallest absolute Gasteiger partial charge is 0.410 e. The fraction of sp³-hybridized carbons (Fsp3) is 0.300. The monoisotopic (exact) mass is 397 g/mol. The van der Waals surface area contributed by atoms with Crippen molar-refractivity contribution in [1.82, 2.24) is 9.88 Å². The van der Waals surface area contributed by atoms with Crippen molar-refractivity contribution in [2.45, 2.75) is 19.4 Å². The molecule has 9 nitrogen and oxygen atoms in total. The SMILES string of the molecule is NC(=O)c1cncc(NC(=O)C2CCCN(C(=O)OCc3ccccc3)C2)c1N. The summed E-state index contributed by atoms with van der Waals surface area (Å²) < 4.78 is 5.35. The van der Waals surface area contributed by atoms with Crippen molar-refractivity contribution in [3.8, 4) is 0 Å². The van der Waals surface area contributed by atoms with Gasteiger partial charge in [-0.1, -0.05) is 30.3 Å². The second-order valence-corrected chi connectivity index (χ2v) is 6.83. The van der Waals surface area contributed by atoms with E-state index >= 15 is 0 Å². The molecular formula is C20H23N5O4. The van der Waals surface area contributed by atoms with Crippen LogP contribution in [-0.4, -0.2) is 40.9 Å². The third kappa shape index (κ3) is 5.01. The summed E-state index contributed by atoms with van der Waals surface area (Å²) in [7, 11) is 0. The molecule has 152 valence electrons. The van der Waals surface area contributed by atoms with E-state index in [-0.39, 0.29) is 36.0 Å². The highest BCUT2D eigenvalue weighted by molar-refractivity contribution is 6.03. The zero-order valence-corrected chi connectivity index (χ0v) is 15.8. The topological polar surface area (TPSA) is 141 Å². The average Bonchev–Trinajstić information content (AvgIpc) is 2.74. The third-order valence-electron chi connectivity index (χ3n) is 4.77. The first-order valence-corrected chi connectivity index (χ1v) is 9.25. The molecule has 0 saturated carbocycles. The minimum Gasteiger partial charge on any atom is -0.445 e. The molecule has 1 atom stereocenters. The van der Waals surface area contributed by atoms with Crippen molar-refractivity contribution in [2.75, 3.05) is 24.1 Å². The Balaban J connectivity index is 1.58. The number of amides is 3. The van der Waals surface area contributed by atoms with Gasteiger partial charge in [0, 0.05) is 19.3 Å². The summed E-state index contributed by atoms with van der Waals surface area (Å²) in [6.45, 7) is 0.940. The lowest BCUT2D eigenvalue weighted by Gasteiger charge is -2.31. The van der Waals surface area contributed by atoms with E-state index in [9.17, 15) is 14.4 Å². The van der Waals surface area contributed by atoms with Gasteiger partial charge < -0.3 is 26.4 Å². The van der Waals surface area contributed by atoms with Crippen molar-refractivity contribution in [1.29, 1.82) is 0 Å². The normalized spacial score (nSPS) is 16.1. The molecule has 0 radical (unpaired) electrons. The first-order valence-electron chi connectivity index (χ1n) is 9.25. The third-order valence-corrected chi connectivity index (χ3v) is 4.77. The summed E-state index contributed by atoms with van der Waals surface area (Å²) in [5, 5.41) is 2.68. The minimum atomic E-state index is -0.726. The number of pyridine rings is 1. The van der Waals surface area contributed by atoms with Gasteiger partial charge in [-0.3, -0.25) is 14.6 Å². The molecule has 5 N–H and O–H groups in total. The first-order chi connectivity index (χ1) is 14.0. The molecule has 3 amide bonds. The number of hydrogen-bond donors (Lipinski definition) is 3. The quantitative estimate of drug-likeness (QED) is 0.702. The standard InChI is InChI=1S/C20H23N5O4/c21-17-15(18(22)26)9-23-10-16(17)24-19(27)14-7-4-8-25(11-14)20(28)29-12-13-5-2-1-3-6-13/h1-3,5-6,9-10,14H,4,7-8,11-12H2,(H2,21,23)(H2,22,26)(H,24,27). The molecule has 1 fully saturated rings. The number of likely N-dealkylation sites (tertiary alicyclic amines) is 1. The number of aromatic nitrogens is 1. The van der Waals surface area contributed by atoms with Crippen molar-refractivity contribution in [2.24, 2.45) is 11.7 Å². The Morgan fingerprint density at radius 2 is 1.97 bits per heavy atom. The number of piperidine rings is 1. The number of carbonyl (C=O) groups is 3. The van der Waals surface area contributed by atoms with E-state index in [4.69, 9.17) is 16.2 Å². The van der Waals surface area contributed by atoms with Crippen LogP contribution in [0.1, 0.15) is 28.8 Å². The van der Waals surface area contributed by atoms with E-state index in [0.717, 1.165) is 5.56 Å². The largest absolute Gasteiger partial charge is 0.445 e. The second kappa shape index (κ2) is 9.05. The number of nitrogen functional groups attached to an aromatic ring is 1. The van der Waals surface area contributed by atoms with Crippen LogP contribution in [0.3, 0.4) is 0 Å². The number of nitrogens with zero attached hydrogens (tertiary/aromatic N) is 2. The van der Waals surface area contributed by atoms with Crippen LogP contribution in [-0.2, 0) is 16.1 Å². The lowest BCUT2D eigenvalue weighted by atomic mass is 9.97. The number of hydrogen-bond acceptors (Lipinski definition) is 6. The number of anilines is 2. The fourth-order valence-electron chi connectivity index (χ4n) is 3.17. The zero-order valence-electron chi connectivity index (χ0n) is 15.8. The molecule has 1 saturated heterocycles. The molecule has 2 heterocycles. The molecule has 1 aromatic heterocycles. The summed E-state index contributed by atoms with van der Waals surface area (Å²) in [5.74, 6) is -1.46. The Labute approximate surface area is 168 Å². The van der Waals surface area contributed by atoms with Gasteiger partial charge in [0.05, 0.1) is 29.1 Å². The zero-order chi connectivity index (χ0) is 20.8. The number of nitrogens with one attached hydrogen (secondary N) is 1. The molecule has 1 unspecified atom stereocenters. The minimum absolute atomic E-state index is 0.0394. The Bertz CT molecular complexity index is 903. The van der Waals surface area contributed by atoms with E-state index in [1.807, 2.05) is 30.3 Å². The van der Waals surface area contributed by atoms with Crippen LogP contribution < -0.4 is 16.8 Å². The average molecular weight is 397 g/mol. The number of primary amides is 1. The van der Waals surface area contributed by atoms with E-state index in [0.29, 0.717) is 19.4 Å². The molecule has 9 heteroatoms. The maximum Gasteiger partial charge on any atom is 0.410 e. The number of benzene rings is 1. The lowest BCUT2D eigenvalue weighted by molar-refractivity contribution is -0.121. The van der Waals surface area contributed by atoms with Crippen LogP contribution in [0.25, 0.3) is 0 Å². The van der Waals surface area contributed by atoms with Crippen LogP contribution in [0.5, 0.6) is 0 Å². The van der Waals surface area contributed by atoms with Crippen molar-refractivity contribution in [3.05, 3.63) is 53.9 Å². The fourth-order valence-corrected chi connectivity index (χ4v) is 3.17. The predicted molar refractivity (Wildman–Crippen MR) is 107 cm³/mol. The highest BCUT2D eigenvalue weighted by atomic mass is 16.6. The summed E-state index contributed by atoms with van der Waals surface area (Å²) in [6.07, 6.45) is 3.45. The maximum absolute atomic E-state index is 12.7. The molecule has 1 aromatic carbocycles. The Morgan fingerprint density at radius 3 is 2.69 bits per heavy atom. The second-order valence-electron chi connectivity index (χ2n) is 6.83. The molecular weight excluding hydrogens is 374 g/mol. The van der Waals surface area contributed by atoms with Crippen LogP contribution in [0, 0.1) is 5.92 Å². The number of nitrogens with two attached hydrogens (primary N) is 2. The van der Waals surface area contributed by atoms with Gasteiger partial charge in [-0.05, 0) is 18.4 Å². The van der Waals surface area contributed by atoms with Crippen molar-refractivity contribution in [3.63, 3.8) is 0 Å². The number of rotatable bonds is 5. The molecule has 1 aliphatic rings. The Hall–Kier alpha value is -3.62. The highest BCUT2D eigenvalue weighted by Gasteiger charge is 2.29. The van der Waals surface area contributed by atoms with E-state index in [2.05, 4.69) is 10.3 Å². The Morgan fingerprint density at radius 1 is 1.21 bits per heavy atom. The van der Waals surface area contributed by atoms with Crippen molar-refractivity contribution >= 4 is 29.3 Å². The predicted octanol–water partition coefficient (Wildman–Crippen LogP) is 1.75. The molecule has 0 spiro atoms. The van der Waals surface area contributed by atoms with Gasteiger partial charge >= 0.3 is 6.09 Å². The molecule has 0 aliphatic carbocycles. The maximum atomic E-state index is 12.7. The van der Waals surface area contributed by atoms with Crippen molar-refractivity contribution < 1.29 is 19.1 Å². The van der Waals surface area contributed by atoms with Crippen LogP contribution in [0.2, 0.25) is 0 Å². The molecule has 1 aliphatic heterocycles. The lowest BCUT2D eigenvalue weighted by Crippen LogP contribution is -2.44. The van der Waals surface area contributed by atoms with Gasteiger partial charge in [0.2, 0.25) is 5.91 Å². The molecule has 29 heavy (non-hydrogen) atoms. The summed E-state index contributed by atoms with van der Waals surface area (Å²) in [5.41, 5.74) is 12.4. The van der Waals surface area contributed by atoms with Gasteiger partial charge in [0.15, 0.2) is 0 Å². The van der Waals surface area contributed by atoms with E-state index in [1.54, 1.807) is 0 Å². The van der Waals surface area contributed by atoms with Crippen LogP contribution in [0.4, 0.5) is 16.2 Å². The molecule has 2 aromatic rings. The Kier molecular flexibility index (Phi) is 6.28. The number of carbonyl (C=O) groups excluding carboxylic acids is 3. The van der Waals surface area contributed by atoms with Gasteiger partial charge in [-0.25, -0.2) is 4.79 Å². The van der Waals surface area contributed by atoms with Gasteiger partial charge in [0.1, 0.15) is 6.61 Å². The molecule has 3 rings (SSSR count). The van der Waals surface area contributed by atoms with E-state index in [1.165, 1.54) is 17.3 Å². The van der Waals surface area contributed by atoms with Gasteiger partial charge in [-0.15, -0.1) is 0 Å². The summed E-state index contributed by atoms with van der Waals surface area (Å²) in [6, 6.07) is 9.38. The van der Waals surface area contributed by atoms with E-state index < -0.39 is 17.9 Å². The van der Waals surface area contributed by atoms with Crippen LogP contribution >= 0.6 is 0 Å². The van der Waals surface area contributed by atoms with Crippen LogP contribution in [0.15, 0.2) is 42.7 Å². The molecule has 0 bridgehead atoms. The van der Waals surface area contributed by atoms with Gasteiger partial charge in [0.25, 0.3) is 5.91 Å². The number of ether oxygens (including phenoxy) is 1. The highest BCUT2D eigenvalue weighted by Crippen LogP contribution is 2.24. The summed E-state index contributed by atoms with van der Waals surface area (Å²) >= 11 is 0.